The van der Waals surface area contributed by atoms with Gasteiger partial charge in [0.05, 0.1) is 5.56 Å². The zero-order valence-corrected chi connectivity index (χ0v) is 15.2. The summed E-state index contributed by atoms with van der Waals surface area (Å²) in [5.41, 5.74) is 0.296. The molecule has 1 amide bonds. The number of ether oxygens (including phenoxy) is 3. The third kappa shape index (κ3) is 5.64. The van der Waals surface area contributed by atoms with Crippen LogP contribution >= 0.6 is 11.6 Å². The lowest BCUT2D eigenvalue weighted by atomic mass is 9.96. The molecule has 1 saturated heterocycles. The number of benzene rings is 1. The maximum absolute atomic E-state index is 12.0. The van der Waals surface area contributed by atoms with Crippen LogP contribution in [0.15, 0.2) is 30.3 Å². The van der Waals surface area contributed by atoms with Crippen LogP contribution in [0.25, 0.3) is 0 Å². The summed E-state index contributed by atoms with van der Waals surface area (Å²) in [6, 6.07) is 6.93. The summed E-state index contributed by atoms with van der Waals surface area (Å²) in [7, 11) is 0. The molecule has 1 aromatic rings. The fraction of sp³-hybridized carbons (Fsp3) is 0.471. The van der Waals surface area contributed by atoms with Gasteiger partial charge in [0, 0.05) is 6.92 Å². The van der Waals surface area contributed by atoms with Gasteiger partial charge >= 0.3 is 11.9 Å². The number of aliphatic hydroxyl groups excluding tert-OH is 2. The SMILES string of the molecule is CC(=O)N[C@@H]1[C@@H](OC(=O)CCl)[C@H](O)[C@@H](COC(=O)c2ccccc2)O[C@@H]1O. The molecule has 0 spiro atoms. The largest absolute Gasteiger partial charge is 0.459 e. The number of amides is 1. The van der Waals surface area contributed by atoms with E-state index in [9.17, 15) is 24.6 Å². The molecule has 1 aliphatic rings. The van der Waals surface area contributed by atoms with Crippen LogP contribution in [0.2, 0.25) is 0 Å². The van der Waals surface area contributed by atoms with Crippen molar-refractivity contribution in [2.75, 3.05) is 12.5 Å². The van der Waals surface area contributed by atoms with E-state index in [-0.39, 0.29) is 0 Å². The molecule has 0 bridgehead atoms. The lowest BCUT2D eigenvalue weighted by Gasteiger charge is -2.42. The molecule has 0 saturated carbocycles. The summed E-state index contributed by atoms with van der Waals surface area (Å²) in [5.74, 6) is -2.53. The molecule has 148 valence electrons. The Labute approximate surface area is 160 Å². The Hall–Kier alpha value is -2.20. The van der Waals surface area contributed by atoms with Gasteiger partial charge < -0.3 is 29.7 Å². The molecular weight excluding hydrogens is 382 g/mol. The Bertz CT molecular complexity index is 670. The van der Waals surface area contributed by atoms with E-state index in [4.69, 9.17) is 25.8 Å². The zero-order chi connectivity index (χ0) is 20.0. The minimum absolute atomic E-state index is 0.296. The Morgan fingerprint density at radius 1 is 1.22 bits per heavy atom. The number of esters is 2. The number of aliphatic hydroxyl groups is 2. The van der Waals surface area contributed by atoms with Gasteiger partial charge in [-0.15, -0.1) is 11.6 Å². The molecule has 0 radical (unpaired) electrons. The molecule has 1 fully saturated rings. The summed E-state index contributed by atoms with van der Waals surface area (Å²) in [6.45, 7) is 0.779. The van der Waals surface area contributed by atoms with Crippen molar-refractivity contribution in [2.24, 2.45) is 0 Å². The van der Waals surface area contributed by atoms with Crippen LogP contribution in [0.1, 0.15) is 17.3 Å². The molecule has 0 aliphatic carbocycles. The van der Waals surface area contributed by atoms with Crippen molar-refractivity contribution < 1.29 is 38.8 Å². The summed E-state index contributed by atoms with van der Waals surface area (Å²) in [4.78, 5) is 34.9. The summed E-state index contributed by atoms with van der Waals surface area (Å²) < 4.78 is 15.4. The monoisotopic (exact) mass is 401 g/mol. The van der Waals surface area contributed by atoms with Gasteiger partial charge in [0.1, 0.15) is 30.7 Å². The molecule has 27 heavy (non-hydrogen) atoms. The number of carbonyl (C=O) groups is 3. The van der Waals surface area contributed by atoms with Gasteiger partial charge in [0.15, 0.2) is 12.4 Å². The van der Waals surface area contributed by atoms with Crippen molar-refractivity contribution in [3.63, 3.8) is 0 Å². The second kappa shape index (κ2) is 9.65. The predicted octanol–water partition coefficient (Wildman–Crippen LogP) is -0.423. The fourth-order valence-corrected chi connectivity index (χ4v) is 2.66. The van der Waals surface area contributed by atoms with Crippen molar-refractivity contribution in [1.82, 2.24) is 5.32 Å². The topological polar surface area (TPSA) is 131 Å². The lowest BCUT2D eigenvalue weighted by Crippen LogP contribution is -2.65. The standard InChI is InChI=1S/C17H20ClNO8/c1-9(20)19-13-15(27-12(21)7-18)14(22)11(26-17(13)24)8-25-16(23)10-5-3-2-4-6-10/h2-6,11,13-15,17,22,24H,7-8H2,1H3,(H,19,20)/t11-,13-,14-,15-,17+/m1/s1. The van der Waals surface area contributed by atoms with Crippen LogP contribution < -0.4 is 5.32 Å². The van der Waals surface area contributed by atoms with Gasteiger partial charge in [-0.05, 0) is 12.1 Å². The highest BCUT2D eigenvalue weighted by Crippen LogP contribution is 2.23. The summed E-state index contributed by atoms with van der Waals surface area (Å²) >= 11 is 5.41. The molecule has 3 N–H and O–H groups in total. The van der Waals surface area contributed by atoms with Gasteiger partial charge in [-0.2, -0.15) is 0 Å². The molecule has 2 rings (SSSR count). The molecule has 9 nitrogen and oxygen atoms in total. The predicted molar refractivity (Wildman–Crippen MR) is 91.8 cm³/mol. The van der Waals surface area contributed by atoms with Crippen LogP contribution in [0.5, 0.6) is 0 Å². The van der Waals surface area contributed by atoms with E-state index >= 15 is 0 Å². The first-order valence-corrected chi connectivity index (χ1v) is 8.63. The van der Waals surface area contributed by atoms with Crippen LogP contribution in [0, 0.1) is 0 Å². The molecule has 0 aromatic heterocycles. The Kier molecular flexibility index (Phi) is 7.55. The van der Waals surface area contributed by atoms with Gasteiger partial charge in [0.25, 0.3) is 0 Å². The van der Waals surface area contributed by atoms with Gasteiger partial charge in [-0.25, -0.2) is 4.79 Å². The highest BCUT2D eigenvalue weighted by Gasteiger charge is 2.47. The molecular formula is C17H20ClNO8. The molecule has 1 aromatic carbocycles. The summed E-state index contributed by atoms with van der Waals surface area (Å²) in [5, 5.41) is 22.9. The number of hydrogen-bond acceptors (Lipinski definition) is 8. The lowest BCUT2D eigenvalue weighted by molar-refractivity contribution is -0.258. The van der Waals surface area contributed by atoms with Crippen molar-refractivity contribution >= 4 is 29.4 Å². The Balaban J connectivity index is 2.08. The third-order valence-electron chi connectivity index (χ3n) is 3.83. The molecule has 10 heteroatoms. The second-order valence-electron chi connectivity index (χ2n) is 5.83. The highest BCUT2D eigenvalue weighted by atomic mass is 35.5. The number of hydrogen-bond donors (Lipinski definition) is 3. The number of carbonyl (C=O) groups excluding carboxylic acids is 3. The minimum Gasteiger partial charge on any atom is -0.459 e. The maximum Gasteiger partial charge on any atom is 0.338 e. The van der Waals surface area contributed by atoms with Gasteiger partial charge in [-0.3, -0.25) is 9.59 Å². The molecule has 1 aliphatic heterocycles. The number of nitrogens with one attached hydrogen (secondary N) is 1. The zero-order valence-electron chi connectivity index (χ0n) is 14.4. The average Bonchev–Trinajstić information content (AvgIpc) is 2.66. The van der Waals surface area contributed by atoms with Gasteiger partial charge in [-0.1, -0.05) is 18.2 Å². The quantitative estimate of drug-likeness (QED) is 0.432. The normalized spacial score (nSPS) is 27.5. The van der Waals surface area contributed by atoms with Crippen molar-refractivity contribution in [2.45, 2.75) is 37.6 Å². The van der Waals surface area contributed by atoms with Crippen LogP contribution in [-0.4, -0.2) is 71.2 Å². The third-order valence-corrected chi connectivity index (χ3v) is 4.05. The maximum atomic E-state index is 12.0. The van der Waals surface area contributed by atoms with Crippen LogP contribution in [-0.2, 0) is 23.8 Å². The number of rotatable bonds is 6. The van der Waals surface area contributed by atoms with Crippen molar-refractivity contribution in [1.29, 1.82) is 0 Å². The Morgan fingerprint density at radius 3 is 2.48 bits per heavy atom. The van der Waals surface area contributed by atoms with E-state index in [0.717, 1.165) is 0 Å². The van der Waals surface area contributed by atoms with E-state index in [1.807, 2.05) is 0 Å². The molecule has 0 unspecified atom stereocenters. The second-order valence-corrected chi connectivity index (χ2v) is 6.10. The van der Waals surface area contributed by atoms with Crippen LogP contribution in [0.4, 0.5) is 0 Å². The minimum atomic E-state index is -1.61. The van der Waals surface area contributed by atoms with Crippen LogP contribution in [0.3, 0.4) is 0 Å². The molecule has 1 heterocycles. The van der Waals surface area contributed by atoms with E-state index in [0.29, 0.717) is 5.56 Å². The van der Waals surface area contributed by atoms with Gasteiger partial charge in [0.2, 0.25) is 5.91 Å². The first-order valence-electron chi connectivity index (χ1n) is 8.09. The van der Waals surface area contributed by atoms with Crippen molar-refractivity contribution in [3.8, 4) is 0 Å². The van der Waals surface area contributed by atoms with E-state index in [1.54, 1.807) is 30.3 Å². The molecule has 5 atom stereocenters. The highest BCUT2D eigenvalue weighted by molar-refractivity contribution is 6.26. The smallest absolute Gasteiger partial charge is 0.338 e. The van der Waals surface area contributed by atoms with E-state index in [1.165, 1.54) is 6.92 Å². The Morgan fingerprint density at radius 2 is 1.89 bits per heavy atom. The van der Waals surface area contributed by atoms with Crippen molar-refractivity contribution in [3.05, 3.63) is 35.9 Å². The number of alkyl halides is 1. The van der Waals surface area contributed by atoms with E-state index in [2.05, 4.69) is 5.32 Å². The fourth-order valence-electron chi connectivity index (χ4n) is 2.60. The summed E-state index contributed by atoms with van der Waals surface area (Å²) in [6.07, 6.45) is -5.62. The van der Waals surface area contributed by atoms with E-state index < -0.39 is 61.0 Å². The number of halogens is 1. The first kappa shape index (κ1) is 21.1. The average molecular weight is 402 g/mol. The first-order chi connectivity index (χ1) is 12.8.